The molecule has 0 radical (unpaired) electrons. The number of rotatable bonds is 3. The Bertz CT molecular complexity index is 1090. The second kappa shape index (κ2) is 7.37. The highest BCUT2D eigenvalue weighted by molar-refractivity contribution is 9.10. The molecule has 132 valence electrons. The smallest absolute Gasteiger partial charge is 0.123 e. The van der Waals surface area contributed by atoms with E-state index in [4.69, 9.17) is 4.98 Å². The molecule has 27 heavy (non-hydrogen) atoms. The Balaban J connectivity index is 1.77. The summed E-state index contributed by atoms with van der Waals surface area (Å²) < 4.78 is 27.2. The minimum Gasteiger partial charge on any atom is -0.246 e. The third-order valence-electron chi connectivity index (χ3n) is 4.12. The summed E-state index contributed by atoms with van der Waals surface area (Å²) in [6.45, 7) is 0. The van der Waals surface area contributed by atoms with Crippen molar-refractivity contribution in [2.45, 2.75) is 0 Å². The normalized spacial score (nSPS) is 10.8. The molecule has 0 unspecified atom stereocenters. The Kier molecular flexibility index (Phi) is 4.77. The maximum absolute atomic E-state index is 13.2. The predicted octanol–water partition coefficient (Wildman–Crippen LogP) is 6.52. The summed E-state index contributed by atoms with van der Waals surface area (Å²) in [6, 6.07) is 21.8. The molecule has 0 fully saturated rings. The number of benzene rings is 2. The highest BCUT2D eigenvalue weighted by Crippen LogP contribution is 2.30. The molecule has 2 aromatic heterocycles. The third-order valence-corrected chi connectivity index (χ3v) is 4.76. The number of hydrogen-bond donors (Lipinski definition) is 0. The van der Waals surface area contributed by atoms with Gasteiger partial charge in [-0.1, -0.05) is 6.07 Å². The van der Waals surface area contributed by atoms with Crippen LogP contribution >= 0.6 is 15.9 Å². The van der Waals surface area contributed by atoms with Gasteiger partial charge in [0.25, 0.3) is 0 Å². The molecule has 2 heterocycles. The molecule has 4 rings (SSSR count). The van der Waals surface area contributed by atoms with Crippen molar-refractivity contribution in [2.24, 2.45) is 0 Å². The predicted molar refractivity (Wildman–Crippen MR) is 106 cm³/mol. The van der Waals surface area contributed by atoms with E-state index in [0.29, 0.717) is 11.4 Å². The second-order valence-corrected chi connectivity index (χ2v) is 6.80. The zero-order chi connectivity index (χ0) is 18.8. The van der Waals surface area contributed by atoms with E-state index < -0.39 is 0 Å². The van der Waals surface area contributed by atoms with Gasteiger partial charge in [-0.2, -0.15) is 0 Å². The molecule has 0 saturated carbocycles. The van der Waals surface area contributed by atoms with Crippen molar-refractivity contribution in [1.29, 1.82) is 0 Å². The molecule has 0 atom stereocenters. The molecule has 2 nitrogen and oxygen atoms in total. The summed E-state index contributed by atoms with van der Waals surface area (Å²) in [4.78, 5) is 9.38. The summed E-state index contributed by atoms with van der Waals surface area (Å²) in [5, 5.41) is 0. The van der Waals surface area contributed by atoms with Crippen molar-refractivity contribution in [3.63, 3.8) is 0 Å². The first-order valence-corrected chi connectivity index (χ1v) is 9.05. The van der Waals surface area contributed by atoms with Crippen LogP contribution in [0.15, 0.2) is 83.3 Å². The van der Waals surface area contributed by atoms with Crippen LogP contribution in [0.2, 0.25) is 0 Å². The molecule has 0 N–H and O–H groups in total. The Morgan fingerprint density at radius 3 is 1.67 bits per heavy atom. The average Bonchev–Trinajstić information content (AvgIpc) is 2.70. The van der Waals surface area contributed by atoms with Gasteiger partial charge in [-0.25, -0.2) is 18.7 Å². The fraction of sp³-hybridized carbons (Fsp3) is 0. The van der Waals surface area contributed by atoms with Crippen molar-refractivity contribution < 1.29 is 8.78 Å². The zero-order valence-electron chi connectivity index (χ0n) is 14.0. The number of nitrogens with zero attached hydrogens (tertiary/aromatic N) is 2. The molecule has 0 saturated heterocycles. The van der Waals surface area contributed by atoms with Crippen LogP contribution in [0.3, 0.4) is 0 Å². The lowest BCUT2D eigenvalue weighted by Gasteiger charge is -2.09. The van der Waals surface area contributed by atoms with Crippen LogP contribution < -0.4 is 0 Å². The molecule has 0 aliphatic rings. The SMILES string of the molecule is Fc1ccc(-c2cccc(-c3nc(-c4ccc(F)cc4)ccc3Br)n2)cc1. The van der Waals surface area contributed by atoms with Gasteiger partial charge in [0, 0.05) is 15.6 Å². The molecule has 0 amide bonds. The second-order valence-electron chi connectivity index (χ2n) is 5.95. The lowest BCUT2D eigenvalue weighted by atomic mass is 10.1. The zero-order valence-corrected chi connectivity index (χ0v) is 15.6. The lowest BCUT2D eigenvalue weighted by Crippen LogP contribution is -1.94. The van der Waals surface area contributed by atoms with Gasteiger partial charge in [0.15, 0.2) is 0 Å². The Morgan fingerprint density at radius 2 is 1.07 bits per heavy atom. The number of halogens is 3. The van der Waals surface area contributed by atoms with E-state index in [0.717, 1.165) is 27.0 Å². The van der Waals surface area contributed by atoms with Gasteiger partial charge >= 0.3 is 0 Å². The first-order valence-electron chi connectivity index (χ1n) is 8.26. The number of hydrogen-bond acceptors (Lipinski definition) is 2. The van der Waals surface area contributed by atoms with E-state index in [2.05, 4.69) is 20.9 Å². The van der Waals surface area contributed by atoms with Gasteiger partial charge in [-0.3, -0.25) is 0 Å². The van der Waals surface area contributed by atoms with Gasteiger partial charge in [0.1, 0.15) is 17.3 Å². The van der Waals surface area contributed by atoms with E-state index >= 15 is 0 Å². The summed E-state index contributed by atoms with van der Waals surface area (Å²) in [5.74, 6) is -0.573. The van der Waals surface area contributed by atoms with Crippen LogP contribution in [0.25, 0.3) is 33.9 Å². The van der Waals surface area contributed by atoms with Crippen LogP contribution in [0.5, 0.6) is 0 Å². The van der Waals surface area contributed by atoms with E-state index in [1.54, 1.807) is 24.3 Å². The van der Waals surface area contributed by atoms with Gasteiger partial charge < -0.3 is 0 Å². The molecule has 2 aromatic carbocycles. The van der Waals surface area contributed by atoms with Crippen LogP contribution in [0.1, 0.15) is 0 Å². The van der Waals surface area contributed by atoms with Crippen LogP contribution in [-0.4, -0.2) is 9.97 Å². The van der Waals surface area contributed by atoms with E-state index in [1.807, 2.05) is 30.3 Å². The van der Waals surface area contributed by atoms with Crippen LogP contribution in [-0.2, 0) is 0 Å². The Morgan fingerprint density at radius 1 is 0.556 bits per heavy atom. The van der Waals surface area contributed by atoms with E-state index in [1.165, 1.54) is 24.3 Å². The van der Waals surface area contributed by atoms with E-state index in [9.17, 15) is 8.78 Å². The molecule has 0 aliphatic carbocycles. The van der Waals surface area contributed by atoms with Crippen molar-refractivity contribution in [2.75, 3.05) is 0 Å². The standard InChI is InChI=1S/C22H13BrF2N2/c23-18-12-13-20(15-6-10-17(25)11-7-15)27-22(18)21-3-1-2-19(26-21)14-4-8-16(24)9-5-14/h1-13H. The van der Waals surface area contributed by atoms with Gasteiger partial charge in [-0.15, -0.1) is 0 Å². The van der Waals surface area contributed by atoms with Gasteiger partial charge in [0.2, 0.25) is 0 Å². The minimum atomic E-state index is -0.287. The quantitative estimate of drug-likeness (QED) is 0.375. The monoisotopic (exact) mass is 422 g/mol. The maximum atomic E-state index is 13.2. The molecular formula is C22H13BrF2N2. The van der Waals surface area contributed by atoms with Gasteiger partial charge in [-0.05, 0) is 88.7 Å². The van der Waals surface area contributed by atoms with Crippen molar-refractivity contribution in [1.82, 2.24) is 9.97 Å². The summed E-state index contributed by atoms with van der Waals surface area (Å²) >= 11 is 3.53. The largest absolute Gasteiger partial charge is 0.246 e. The molecule has 0 aliphatic heterocycles. The number of pyridine rings is 2. The fourth-order valence-electron chi connectivity index (χ4n) is 2.75. The summed E-state index contributed by atoms with van der Waals surface area (Å²) in [6.07, 6.45) is 0. The fourth-order valence-corrected chi connectivity index (χ4v) is 3.18. The summed E-state index contributed by atoms with van der Waals surface area (Å²) in [5.41, 5.74) is 4.47. The summed E-state index contributed by atoms with van der Waals surface area (Å²) in [7, 11) is 0. The van der Waals surface area contributed by atoms with Crippen molar-refractivity contribution in [3.8, 4) is 33.9 Å². The topological polar surface area (TPSA) is 25.8 Å². The lowest BCUT2D eigenvalue weighted by molar-refractivity contribution is 0.627. The van der Waals surface area contributed by atoms with Gasteiger partial charge in [0.05, 0.1) is 17.1 Å². The Labute approximate surface area is 163 Å². The van der Waals surface area contributed by atoms with Crippen LogP contribution in [0.4, 0.5) is 8.78 Å². The highest BCUT2D eigenvalue weighted by Gasteiger charge is 2.11. The molecule has 0 bridgehead atoms. The van der Waals surface area contributed by atoms with Crippen LogP contribution in [0, 0.1) is 11.6 Å². The molecular weight excluding hydrogens is 410 g/mol. The molecule has 0 spiro atoms. The first-order chi connectivity index (χ1) is 13.1. The first kappa shape index (κ1) is 17.5. The van der Waals surface area contributed by atoms with E-state index in [-0.39, 0.29) is 11.6 Å². The Hall–Kier alpha value is -2.92. The third kappa shape index (κ3) is 3.78. The van der Waals surface area contributed by atoms with Crippen molar-refractivity contribution in [3.05, 3.63) is 95.0 Å². The molecule has 5 heteroatoms. The average molecular weight is 423 g/mol. The maximum Gasteiger partial charge on any atom is 0.123 e. The number of aromatic nitrogens is 2. The van der Waals surface area contributed by atoms with Crippen molar-refractivity contribution >= 4 is 15.9 Å². The highest BCUT2D eigenvalue weighted by atomic mass is 79.9. The molecule has 4 aromatic rings. The minimum absolute atomic E-state index is 0.286.